The lowest BCUT2D eigenvalue weighted by Gasteiger charge is -2.25. The molecule has 4 heterocycles. The van der Waals surface area contributed by atoms with Crippen LogP contribution in [0.5, 0.6) is 0 Å². The summed E-state index contributed by atoms with van der Waals surface area (Å²) < 4.78 is 2.34. The summed E-state index contributed by atoms with van der Waals surface area (Å²) in [5, 5.41) is 14.5. The lowest BCUT2D eigenvalue weighted by molar-refractivity contribution is -0.401. The molecule has 1 aliphatic carbocycles. The third-order valence-corrected chi connectivity index (χ3v) is 10.8. The molecule has 1 N–H and O–H groups in total. The first-order valence-corrected chi connectivity index (χ1v) is 16.9. The maximum atomic E-state index is 4.57. The normalized spacial score (nSPS) is 20.3. The molecule has 2 aromatic heterocycles. The lowest BCUT2D eigenvalue weighted by atomic mass is 9.81. The fourth-order valence-electron chi connectivity index (χ4n) is 7.37. The second-order valence-corrected chi connectivity index (χ2v) is 14.4. The molecule has 0 saturated carbocycles. The Balaban J connectivity index is 1.29. The molecule has 0 fully saturated rings. The first-order valence-electron chi connectivity index (χ1n) is 16.0. The monoisotopic (exact) mass is 625 g/mol. The highest BCUT2D eigenvalue weighted by atomic mass is 32.1. The van der Waals surface area contributed by atoms with Gasteiger partial charge in [0.2, 0.25) is 10.8 Å². The van der Waals surface area contributed by atoms with Crippen LogP contribution in [0.3, 0.4) is 0 Å². The van der Waals surface area contributed by atoms with Crippen LogP contribution in [-0.4, -0.2) is 39.6 Å². The van der Waals surface area contributed by atoms with E-state index in [1.165, 1.54) is 45.1 Å². The van der Waals surface area contributed by atoms with Crippen molar-refractivity contribution in [1.82, 2.24) is 15.2 Å². The summed E-state index contributed by atoms with van der Waals surface area (Å²) in [6.07, 6.45) is 16.0. The number of aromatic nitrogens is 3. The quantitative estimate of drug-likeness (QED) is 0.217. The van der Waals surface area contributed by atoms with Crippen LogP contribution < -0.4 is 10.2 Å². The summed E-state index contributed by atoms with van der Waals surface area (Å²) in [4.78, 5) is 6.50. The van der Waals surface area contributed by atoms with E-state index in [9.17, 15) is 0 Å². The number of rotatable bonds is 6. The van der Waals surface area contributed by atoms with Gasteiger partial charge in [-0.3, -0.25) is 4.98 Å². The van der Waals surface area contributed by atoms with E-state index in [-0.39, 0.29) is 10.8 Å². The molecule has 3 aliphatic rings. The van der Waals surface area contributed by atoms with Crippen molar-refractivity contribution in [1.29, 1.82) is 0 Å². The number of nitrogens with one attached hydrogen (secondary N) is 1. The van der Waals surface area contributed by atoms with Gasteiger partial charge in [-0.2, -0.15) is 4.58 Å². The van der Waals surface area contributed by atoms with Crippen LogP contribution in [0.25, 0.3) is 10.6 Å². The largest absolute Gasteiger partial charge is 0.347 e. The number of nitrogens with zero attached hydrogens (tertiary/aromatic N) is 5. The summed E-state index contributed by atoms with van der Waals surface area (Å²) in [7, 11) is 4.36. The molecule has 0 spiro atoms. The third-order valence-electron chi connectivity index (χ3n) is 9.88. The predicted molar refractivity (Wildman–Crippen MR) is 191 cm³/mol. The first-order chi connectivity index (χ1) is 22.2. The van der Waals surface area contributed by atoms with Crippen molar-refractivity contribution >= 4 is 33.6 Å². The van der Waals surface area contributed by atoms with Gasteiger partial charge in [-0.1, -0.05) is 73.7 Å². The van der Waals surface area contributed by atoms with Gasteiger partial charge >= 0.3 is 0 Å². The van der Waals surface area contributed by atoms with Gasteiger partial charge in [-0.25, -0.2) is 0 Å². The number of hydrogen-bond acceptors (Lipinski definition) is 6. The van der Waals surface area contributed by atoms with Crippen molar-refractivity contribution in [2.75, 3.05) is 24.3 Å². The summed E-state index contributed by atoms with van der Waals surface area (Å²) in [5.74, 6) is 0. The average molecular weight is 626 g/mol. The van der Waals surface area contributed by atoms with Crippen molar-refractivity contribution in [3.05, 3.63) is 131 Å². The van der Waals surface area contributed by atoms with Crippen molar-refractivity contribution in [3.63, 3.8) is 0 Å². The zero-order valence-electron chi connectivity index (χ0n) is 27.5. The Kier molecular flexibility index (Phi) is 7.60. The number of hydrogen-bond donors (Lipinski definition) is 1. The number of benzene rings is 2. The summed E-state index contributed by atoms with van der Waals surface area (Å²) >= 11 is 1.57. The number of likely N-dealkylation sites (N-methyl/N-ethyl adjacent to an activating group) is 1. The zero-order valence-corrected chi connectivity index (χ0v) is 28.3. The van der Waals surface area contributed by atoms with E-state index < -0.39 is 0 Å². The van der Waals surface area contributed by atoms with Crippen LogP contribution >= 0.6 is 11.3 Å². The van der Waals surface area contributed by atoms with Crippen LogP contribution in [-0.2, 0) is 10.8 Å². The van der Waals surface area contributed by atoms with Gasteiger partial charge in [0.15, 0.2) is 5.71 Å². The van der Waals surface area contributed by atoms with Gasteiger partial charge < -0.3 is 10.2 Å². The minimum atomic E-state index is -0.0833. The minimum absolute atomic E-state index is 0.0833. The van der Waals surface area contributed by atoms with E-state index in [0.717, 1.165) is 40.7 Å². The maximum absolute atomic E-state index is 4.57. The molecule has 2 aromatic carbocycles. The smallest absolute Gasteiger partial charge is 0.210 e. The Morgan fingerprint density at radius 3 is 2.35 bits per heavy atom. The van der Waals surface area contributed by atoms with Gasteiger partial charge in [0.25, 0.3) is 0 Å². The summed E-state index contributed by atoms with van der Waals surface area (Å²) in [6, 6.07) is 21.4. The molecule has 7 heteroatoms. The van der Waals surface area contributed by atoms with Crippen LogP contribution in [0.1, 0.15) is 58.1 Å². The Morgan fingerprint density at radius 2 is 1.59 bits per heavy atom. The molecule has 7 rings (SSSR count). The summed E-state index contributed by atoms with van der Waals surface area (Å²) in [6.45, 7) is 9.28. The van der Waals surface area contributed by atoms with E-state index in [4.69, 9.17) is 0 Å². The molecule has 4 aromatic rings. The first kappa shape index (κ1) is 30.1. The molecule has 6 nitrogen and oxygen atoms in total. The molecular weight excluding hydrogens is 585 g/mol. The van der Waals surface area contributed by atoms with Gasteiger partial charge in [0.05, 0.1) is 5.41 Å². The fourth-order valence-corrected chi connectivity index (χ4v) is 8.13. The molecular formula is C39H41N6S+. The van der Waals surface area contributed by atoms with Crippen LogP contribution in [0.4, 0.5) is 16.5 Å². The molecule has 46 heavy (non-hydrogen) atoms. The lowest BCUT2D eigenvalue weighted by Crippen LogP contribution is -2.26. The molecule has 0 saturated heterocycles. The molecule has 0 unspecified atom stereocenters. The van der Waals surface area contributed by atoms with Gasteiger partial charge in [0.1, 0.15) is 12.1 Å². The second-order valence-electron chi connectivity index (χ2n) is 13.4. The standard InChI is InChI=1S/C39H40N6S/c1-38(2)29-14-7-9-16-31(29)44(5)33(38)20-18-26-12-11-13-27(19-21-34-39(3,4)30-15-8-10-17-32(30)45(34)6)35(26)41-37-43-42-36(46-37)28-22-24-40-25-23-28/h7-10,14-25H,11-13H2,1-6H3/p+1/b26-18+,33-20+. The maximum Gasteiger partial charge on any atom is 0.210 e. The highest BCUT2D eigenvalue weighted by Gasteiger charge is 2.42. The van der Waals surface area contributed by atoms with Crippen LogP contribution in [0.15, 0.2) is 120 Å². The topological polar surface area (TPSA) is 57.0 Å². The van der Waals surface area contributed by atoms with Gasteiger partial charge in [-0.05, 0) is 74.1 Å². The van der Waals surface area contributed by atoms with Crippen molar-refractivity contribution in [2.45, 2.75) is 57.8 Å². The SMILES string of the molecule is CN1/C(=C/C=C2\CCCC(/C=C/C3=[N+](C)c4ccccc4C3(C)C)=C2Nc2nnc(-c3ccncc3)s2)C(C)(C)c2ccccc21. The molecule has 0 atom stereocenters. The fraction of sp³-hybridized carbons (Fsp3) is 0.282. The summed E-state index contributed by atoms with van der Waals surface area (Å²) in [5.41, 5.74) is 12.4. The molecule has 2 aliphatic heterocycles. The number of anilines is 2. The zero-order chi connectivity index (χ0) is 32.1. The van der Waals surface area contributed by atoms with Crippen molar-refractivity contribution < 1.29 is 4.58 Å². The molecule has 232 valence electrons. The Labute approximate surface area is 276 Å². The Hall–Kier alpha value is -4.62. The number of fused-ring (bicyclic) bond motifs is 2. The number of allylic oxidation sites excluding steroid dienone is 7. The van der Waals surface area contributed by atoms with Crippen molar-refractivity contribution in [2.24, 2.45) is 0 Å². The average Bonchev–Trinajstić information content (AvgIpc) is 3.67. The van der Waals surface area contributed by atoms with E-state index in [1.807, 2.05) is 12.1 Å². The molecule has 0 amide bonds. The molecule has 0 radical (unpaired) electrons. The van der Waals surface area contributed by atoms with Crippen molar-refractivity contribution in [3.8, 4) is 10.6 Å². The van der Waals surface area contributed by atoms with E-state index >= 15 is 0 Å². The second kappa shape index (κ2) is 11.6. The Bertz CT molecular complexity index is 1970. The molecule has 0 bridgehead atoms. The number of para-hydroxylation sites is 2. The number of pyridine rings is 1. The highest BCUT2D eigenvalue weighted by Crippen LogP contribution is 2.47. The van der Waals surface area contributed by atoms with Gasteiger partial charge in [-0.15, -0.1) is 10.2 Å². The predicted octanol–water partition coefficient (Wildman–Crippen LogP) is 8.95. The van der Waals surface area contributed by atoms with E-state index in [2.05, 4.69) is 145 Å². The highest BCUT2D eigenvalue weighted by molar-refractivity contribution is 7.18. The Morgan fingerprint density at radius 1 is 0.848 bits per heavy atom. The third kappa shape index (κ3) is 5.13. The van der Waals surface area contributed by atoms with Crippen LogP contribution in [0.2, 0.25) is 0 Å². The van der Waals surface area contributed by atoms with Gasteiger partial charge in [0, 0.05) is 65.2 Å². The van der Waals surface area contributed by atoms with E-state index in [1.54, 1.807) is 23.7 Å². The van der Waals surface area contributed by atoms with E-state index in [0.29, 0.717) is 0 Å². The minimum Gasteiger partial charge on any atom is -0.347 e. The van der Waals surface area contributed by atoms with Crippen LogP contribution in [0, 0.1) is 0 Å².